The van der Waals surface area contributed by atoms with Crippen LogP contribution in [0, 0.1) is 0 Å². The summed E-state index contributed by atoms with van der Waals surface area (Å²) in [5, 5.41) is 15.8. The van der Waals surface area contributed by atoms with Crippen molar-refractivity contribution in [1.82, 2.24) is 0 Å². The molecule has 1 atom stereocenters. The highest BCUT2D eigenvalue weighted by Gasteiger charge is 2.30. The van der Waals surface area contributed by atoms with Crippen LogP contribution in [0.4, 0.5) is 0 Å². The lowest BCUT2D eigenvalue weighted by Gasteiger charge is -2.27. The predicted octanol–water partition coefficient (Wildman–Crippen LogP) is 2.87. The van der Waals surface area contributed by atoms with Gasteiger partial charge < -0.3 is 14.6 Å². The van der Waals surface area contributed by atoms with Crippen LogP contribution < -0.4 is 4.74 Å². The van der Waals surface area contributed by atoms with Gasteiger partial charge in [0.05, 0.1) is 19.7 Å². The Kier molecular flexibility index (Phi) is 7.38. The second kappa shape index (κ2) is 9.26. The normalized spacial score (nSPS) is 13.6. The monoisotopic (exact) mass is 334 g/mol. The molecular weight excluding hydrogens is 316 g/mol. The molecule has 1 N–H and O–H groups in total. The summed E-state index contributed by atoms with van der Waals surface area (Å²) in [6, 6.07) is 6.64. The van der Waals surface area contributed by atoms with E-state index in [2.05, 4.69) is 20.1 Å². The zero-order chi connectivity index (χ0) is 18.0. The first-order chi connectivity index (χ1) is 11.4. The van der Waals surface area contributed by atoms with Gasteiger partial charge in [-0.1, -0.05) is 22.4 Å². The number of carbonyl (C=O) groups is 1. The number of aliphatic hydroxyl groups excluding tert-OH is 1. The highest BCUT2D eigenvalue weighted by Crippen LogP contribution is 2.18. The number of rotatable bonds is 9. The van der Waals surface area contributed by atoms with E-state index in [0.717, 1.165) is 0 Å². The van der Waals surface area contributed by atoms with Gasteiger partial charge in [0.25, 0.3) is 0 Å². The summed E-state index contributed by atoms with van der Waals surface area (Å²) < 4.78 is 10.8. The van der Waals surface area contributed by atoms with Crippen molar-refractivity contribution in [1.29, 1.82) is 0 Å². The van der Waals surface area contributed by atoms with Crippen molar-refractivity contribution in [2.75, 3.05) is 13.1 Å². The lowest BCUT2D eigenvalue weighted by Crippen LogP contribution is -2.41. The van der Waals surface area contributed by atoms with Crippen molar-refractivity contribution < 1.29 is 19.4 Å². The standard InChI is InChI=1S/C14H18N6O4/c1-10(23-12-5-3-4-11(6-12)7-21)13(22)24-14(2,8-17-19-15)9-18-20-16/h3-6,10,21H,7-9H2,1-2H3/t10-/m0/s1. The number of aliphatic hydroxyl groups is 1. The number of hydrogen-bond acceptors (Lipinski definition) is 6. The summed E-state index contributed by atoms with van der Waals surface area (Å²) >= 11 is 0. The molecule has 0 amide bonds. The van der Waals surface area contributed by atoms with Crippen LogP contribution in [0.2, 0.25) is 0 Å². The fraction of sp³-hybridized carbons (Fsp3) is 0.500. The van der Waals surface area contributed by atoms with Crippen molar-refractivity contribution in [3.63, 3.8) is 0 Å². The molecule has 0 saturated carbocycles. The minimum atomic E-state index is -1.26. The number of carbonyl (C=O) groups excluding carboxylic acids is 1. The van der Waals surface area contributed by atoms with Gasteiger partial charge in [-0.2, -0.15) is 0 Å². The topological polar surface area (TPSA) is 153 Å². The molecule has 0 saturated heterocycles. The number of nitrogens with zero attached hydrogens (tertiary/aromatic N) is 6. The summed E-state index contributed by atoms with van der Waals surface area (Å²) in [5.74, 6) is -0.300. The molecule has 1 rings (SSSR count). The number of ether oxygens (including phenoxy) is 2. The van der Waals surface area contributed by atoms with Crippen molar-refractivity contribution >= 4 is 5.97 Å². The summed E-state index contributed by atoms with van der Waals surface area (Å²) in [6.45, 7) is 2.48. The van der Waals surface area contributed by atoms with Gasteiger partial charge in [-0.15, -0.1) is 0 Å². The molecule has 1 aromatic carbocycles. The largest absolute Gasteiger partial charge is 0.479 e. The summed E-state index contributed by atoms with van der Waals surface area (Å²) in [5.41, 5.74) is 16.2. The van der Waals surface area contributed by atoms with Crippen molar-refractivity contribution in [3.05, 3.63) is 50.7 Å². The van der Waals surface area contributed by atoms with Gasteiger partial charge >= 0.3 is 5.97 Å². The lowest BCUT2D eigenvalue weighted by molar-refractivity contribution is -0.164. The van der Waals surface area contributed by atoms with Crippen molar-refractivity contribution in [2.45, 2.75) is 32.2 Å². The van der Waals surface area contributed by atoms with Crippen molar-refractivity contribution in [3.8, 4) is 5.75 Å². The highest BCUT2D eigenvalue weighted by atomic mass is 16.6. The molecule has 0 unspecified atom stereocenters. The van der Waals surface area contributed by atoms with Gasteiger partial charge in [-0.05, 0) is 42.6 Å². The lowest BCUT2D eigenvalue weighted by atomic mass is 10.1. The average Bonchev–Trinajstić information content (AvgIpc) is 2.58. The Bertz CT molecular complexity index is 647. The number of hydrogen-bond donors (Lipinski definition) is 1. The van der Waals surface area contributed by atoms with Gasteiger partial charge in [0.1, 0.15) is 11.4 Å². The number of esters is 1. The van der Waals surface area contributed by atoms with Crippen LogP contribution in [-0.2, 0) is 16.1 Å². The van der Waals surface area contributed by atoms with Gasteiger partial charge in [0.2, 0.25) is 0 Å². The first-order valence-electron chi connectivity index (χ1n) is 7.05. The summed E-state index contributed by atoms with van der Waals surface area (Å²) in [7, 11) is 0. The molecule has 0 aliphatic rings. The van der Waals surface area contributed by atoms with Gasteiger partial charge in [0.15, 0.2) is 6.10 Å². The highest BCUT2D eigenvalue weighted by molar-refractivity contribution is 5.75. The molecular formula is C14H18N6O4. The van der Waals surface area contributed by atoms with E-state index in [0.29, 0.717) is 11.3 Å². The van der Waals surface area contributed by atoms with Crippen LogP contribution in [0.5, 0.6) is 5.75 Å². The van der Waals surface area contributed by atoms with Crippen molar-refractivity contribution in [2.24, 2.45) is 10.2 Å². The van der Waals surface area contributed by atoms with E-state index in [1.807, 2.05) is 0 Å². The fourth-order valence-corrected chi connectivity index (χ4v) is 1.77. The van der Waals surface area contributed by atoms with Gasteiger partial charge in [-0.25, -0.2) is 4.79 Å². The molecule has 0 aliphatic heterocycles. The third-order valence-corrected chi connectivity index (χ3v) is 3.01. The maximum Gasteiger partial charge on any atom is 0.347 e. The molecule has 10 nitrogen and oxygen atoms in total. The van der Waals surface area contributed by atoms with Crippen LogP contribution >= 0.6 is 0 Å². The SMILES string of the molecule is C[C@H](Oc1cccc(CO)c1)C(=O)OC(C)(CN=[N+]=[N-])CN=[N+]=[N-]. The first kappa shape index (κ1) is 19.1. The predicted molar refractivity (Wildman–Crippen MR) is 85.0 cm³/mol. The van der Waals surface area contributed by atoms with E-state index in [4.69, 9.17) is 25.6 Å². The molecule has 0 spiro atoms. The van der Waals surface area contributed by atoms with E-state index in [1.165, 1.54) is 13.8 Å². The first-order valence-corrected chi connectivity index (χ1v) is 7.05. The second-order valence-electron chi connectivity index (χ2n) is 5.21. The zero-order valence-corrected chi connectivity index (χ0v) is 13.4. The Morgan fingerprint density at radius 2 is 1.96 bits per heavy atom. The minimum absolute atomic E-state index is 0.146. The average molecular weight is 334 g/mol. The Morgan fingerprint density at radius 1 is 1.33 bits per heavy atom. The Hall–Kier alpha value is -2.93. The minimum Gasteiger partial charge on any atom is -0.479 e. The van der Waals surface area contributed by atoms with Gasteiger partial charge in [0, 0.05) is 9.82 Å². The maximum absolute atomic E-state index is 12.2. The molecule has 24 heavy (non-hydrogen) atoms. The Morgan fingerprint density at radius 3 is 2.50 bits per heavy atom. The molecule has 0 heterocycles. The molecule has 128 valence electrons. The second-order valence-corrected chi connectivity index (χ2v) is 5.21. The number of benzene rings is 1. The molecule has 0 aliphatic carbocycles. The maximum atomic E-state index is 12.2. The molecule has 0 fully saturated rings. The van der Waals surface area contributed by atoms with Crippen LogP contribution in [0.3, 0.4) is 0 Å². The van der Waals surface area contributed by atoms with E-state index < -0.39 is 17.7 Å². The van der Waals surface area contributed by atoms with E-state index in [-0.39, 0.29) is 19.7 Å². The van der Waals surface area contributed by atoms with Crippen LogP contribution in [-0.4, -0.2) is 35.9 Å². The van der Waals surface area contributed by atoms with Crippen LogP contribution in [0.25, 0.3) is 20.9 Å². The molecule has 0 bridgehead atoms. The summed E-state index contributed by atoms with van der Waals surface area (Å²) in [6.07, 6.45) is -0.949. The van der Waals surface area contributed by atoms with E-state index >= 15 is 0 Å². The Balaban J connectivity index is 2.77. The zero-order valence-electron chi connectivity index (χ0n) is 13.4. The summed E-state index contributed by atoms with van der Waals surface area (Å²) in [4.78, 5) is 17.4. The third kappa shape index (κ3) is 6.05. The molecule has 0 radical (unpaired) electrons. The van der Waals surface area contributed by atoms with Crippen LogP contribution in [0.1, 0.15) is 19.4 Å². The van der Waals surface area contributed by atoms with E-state index in [9.17, 15) is 4.79 Å². The smallest absolute Gasteiger partial charge is 0.347 e. The molecule has 10 heteroatoms. The Labute approximate surface area is 138 Å². The quantitative estimate of drug-likeness (QED) is 0.319. The third-order valence-electron chi connectivity index (χ3n) is 3.01. The number of azide groups is 2. The molecule has 1 aromatic rings. The molecule has 0 aromatic heterocycles. The fourth-order valence-electron chi connectivity index (χ4n) is 1.77. The van der Waals surface area contributed by atoms with E-state index in [1.54, 1.807) is 24.3 Å². The van der Waals surface area contributed by atoms with Crippen LogP contribution in [0.15, 0.2) is 34.5 Å². The van der Waals surface area contributed by atoms with Gasteiger partial charge in [-0.3, -0.25) is 0 Å².